The molecule has 1 aromatic rings. The van der Waals surface area contributed by atoms with Gasteiger partial charge < -0.3 is 4.74 Å². The third-order valence-electron chi connectivity index (χ3n) is 2.51. The standard InChI is InChI=1S/C10H12O4S/c1-14-9-6-8(7-2-3-7)4-5-10(9)15(11,12)13/h4-7H,2-3H2,1H3,(H,11,12,13). The van der Waals surface area contributed by atoms with Gasteiger partial charge in [-0.25, -0.2) is 0 Å². The van der Waals surface area contributed by atoms with E-state index in [9.17, 15) is 8.42 Å². The van der Waals surface area contributed by atoms with Gasteiger partial charge in [0.05, 0.1) is 7.11 Å². The van der Waals surface area contributed by atoms with Gasteiger partial charge >= 0.3 is 0 Å². The van der Waals surface area contributed by atoms with Crippen LogP contribution in [0.4, 0.5) is 0 Å². The Labute approximate surface area is 88.6 Å². The topological polar surface area (TPSA) is 63.6 Å². The average molecular weight is 228 g/mol. The maximum atomic E-state index is 11.0. The second-order valence-corrected chi connectivity index (χ2v) is 5.05. The van der Waals surface area contributed by atoms with Gasteiger partial charge in [0.1, 0.15) is 10.6 Å². The third kappa shape index (κ3) is 2.13. The molecule has 0 saturated heterocycles. The predicted octanol–water partition coefficient (Wildman–Crippen LogP) is 1.82. The highest BCUT2D eigenvalue weighted by atomic mass is 32.2. The summed E-state index contributed by atoms with van der Waals surface area (Å²) in [6, 6.07) is 4.80. The van der Waals surface area contributed by atoms with E-state index in [-0.39, 0.29) is 10.6 Å². The van der Waals surface area contributed by atoms with Gasteiger partial charge in [-0.1, -0.05) is 6.07 Å². The molecule has 1 fully saturated rings. The normalized spacial score (nSPS) is 16.4. The SMILES string of the molecule is COc1cc(C2CC2)ccc1S(=O)(=O)O. The van der Waals surface area contributed by atoms with Crippen LogP contribution in [0.3, 0.4) is 0 Å². The van der Waals surface area contributed by atoms with Gasteiger partial charge in [-0.3, -0.25) is 4.55 Å². The zero-order chi connectivity index (χ0) is 11.1. The van der Waals surface area contributed by atoms with Gasteiger partial charge in [0.25, 0.3) is 10.1 Å². The van der Waals surface area contributed by atoms with Gasteiger partial charge in [-0.2, -0.15) is 8.42 Å². The first-order valence-electron chi connectivity index (χ1n) is 4.68. The smallest absolute Gasteiger partial charge is 0.298 e. The van der Waals surface area contributed by atoms with Crippen LogP contribution in [-0.4, -0.2) is 20.1 Å². The van der Waals surface area contributed by atoms with Crippen LogP contribution in [-0.2, 0) is 10.1 Å². The van der Waals surface area contributed by atoms with E-state index in [1.165, 1.54) is 13.2 Å². The number of hydrogen-bond acceptors (Lipinski definition) is 3. The molecule has 4 nitrogen and oxygen atoms in total. The van der Waals surface area contributed by atoms with Crippen molar-refractivity contribution in [1.29, 1.82) is 0 Å². The molecule has 0 atom stereocenters. The average Bonchev–Trinajstić information content (AvgIpc) is 2.98. The molecule has 0 heterocycles. The second-order valence-electron chi connectivity index (χ2n) is 3.66. The summed E-state index contributed by atoms with van der Waals surface area (Å²) in [6.07, 6.45) is 2.27. The molecule has 1 aliphatic carbocycles. The predicted molar refractivity (Wildman–Crippen MR) is 54.8 cm³/mol. The van der Waals surface area contributed by atoms with Crippen molar-refractivity contribution < 1.29 is 17.7 Å². The van der Waals surface area contributed by atoms with Gasteiger partial charge in [0, 0.05) is 0 Å². The Morgan fingerprint density at radius 1 is 1.40 bits per heavy atom. The van der Waals surface area contributed by atoms with E-state index in [2.05, 4.69) is 0 Å². The Morgan fingerprint density at radius 2 is 2.07 bits per heavy atom. The van der Waals surface area contributed by atoms with E-state index in [0.717, 1.165) is 18.4 Å². The Kier molecular flexibility index (Phi) is 2.44. The van der Waals surface area contributed by atoms with Crippen molar-refractivity contribution in [1.82, 2.24) is 0 Å². The van der Waals surface area contributed by atoms with Crippen molar-refractivity contribution in [2.24, 2.45) is 0 Å². The van der Waals surface area contributed by atoms with Crippen molar-refractivity contribution in [3.8, 4) is 5.75 Å². The van der Waals surface area contributed by atoms with Crippen molar-refractivity contribution in [2.45, 2.75) is 23.7 Å². The first-order valence-corrected chi connectivity index (χ1v) is 6.12. The van der Waals surface area contributed by atoms with E-state index in [4.69, 9.17) is 9.29 Å². The number of benzene rings is 1. The number of hydrogen-bond donors (Lipinski definition) is 1. The largest absolute Gasteiger partial charge is 0.495 e. The Hall–Kier alpha value is -1.07. The van der Waals surface area contributed by atoms with Crippen LogP contribution in [0.1, 0.15) is 24.3 Å². The molecule has 0 unspecified atom stereocenters. The van der Waals surface area contributed by atoms with Crippen LogP contribution in [0.5, 0.6) is 5.75 Å². The second kappa shape index (κ2) is 3.50. The number of methoxy groups -OCH3 is 1. The van der Waals surface area contributed by atoms with Crippen molar-refractivity contribution in [2.75, 3.05) is 7.11 Å². The first kappa shape index (κ1) is 10.4. The Balaban J connectivity index is 2.48. The lowest BCUT2D eigenvalue weighted by atomic mass is 10.1. The summed E-state index contributed by atoms with van der Waals surface area (Å²) in [5, 5.41) is 0. The van der Waals surface area contributed by atoms with Crippen LogP contribution >= 0.6 is 0 Å². The molecule has 0 aliphatic heterocycles. The molecule has 0 bridgehead atoms. The zero-order valence-electron chi connectivity index (χ0n) is 8.30. The monoisotopic (exact) mass is 228 g/mol. The minimum atomic E-state index is -4.19. The molecule has 1 aliphatic rings. The molecule has 1 N–H and O–H groups in total. The minimum Gasteiger partial charge on any atom is -0.495 e. The molecule has 0 spiro atoms. The maximum Gasteiger partial charge on any atom is 0.298 e. The highest BCUT2D eigenvalue weighted by molar-refractivity contribution is 7.86. The van der Waals surface area contributed by atoms with Crippen LogP contribution in [0, 0.1) is 0 Å². The number of rotatable bonds is 3. The van der Waals surface area contributed by atoms with E-state index in [1.807, 2.05) is 0 Å². The summed E-state index contributed by atoms with van der Waals surface area (Å²) in [6.45, 7) is 0. The summed E-state index contributed by atoms with van der Waals surface area (Å²) >= 11 is 0. The van der Waals surface area contributed by atoms with Gasteiger partial charge in [-0.15, -0.1) is 0 Å². The summed E-state index contributed by atoms with van der Waals surface area (Å²) in [7, 11) is -2.80. The van der Waals surface area contributed by atoms with Crippen molar-refractivity contribution in [3.05, 3.63) is 23.8 Å². The zero-order valence-corrected chi connectivity index (χ0v) is 9.12. The van der Waals surface area contributed by atoms with Crippen molar-refractivity contribution in [3.63, 3.8) is 0 Å². The number of ether oxygens (including phenoxy) is 1. The van der Waals surface area contributed by atoms with Gasteiger partial charge in [-0.05, 0) is 36.5 Å². The molecule has 15 heavy (non-hydrogen) atoms. The van der Waals surface area contributed by atoms with Gasteiger partial charge in [0.2, 0.25) is 0 Å². The summed E-state index contributed by atoms with van der Waals surface area (Å²) in [4.78, 5) is -0.172. The summed E-state index contributed by atoms with van der Waals surface area (Å²) in [5.74, 6) is 0.733. The van der Waals surface area contributed by atoms with Crippen LogP contribution in [0.2, 0.25) is 0 Å². The molecule has 5 heteroatoms. The van der Waals surface area contributed by atoms with E-state index in [0.29, 0.717) is 5.92 Å². The molecule has 82 valence electrons. The Morgan fingerprint density at radius 3 is 2.53 bits per heavy atom. The highest BCUT2D eigenvalue weighted by Crippen LogP contribution is 2.42. The molecular formula is C10H12O4S. The van der Waals surface area contributed by atoms with E-state index in [1.54, 1.807) is 12.1 Å². The minimum absolute atomic E-state index is 0.172. The fourth-order valence-corrected chi connectivity index (χ4v) is 2.20. The molecule has 2 rings (SSSR count). The summed E-state index contributed by atoms with van der Waals surface area (Å²) in [5.41, 5.74) is 1.07. The van der Waals surface area contributed by atoms with E-state index < -0.39 is 10.1 Å². The van der Waals surface area contributed by atoms with Crippen LogP contribution in [0.25, 0.3) is 0 Å². The van der Waals surface area contributed by atoms with E-state index >= 15 is 0 Å². The fourth-order valence-electron chi connectivity index (χ4n) is 1.57. The quantitative estimate of drug-likeness (QED) is 0.801. The lowest BCUT2D eigenvalue weighted by Crippen LogP contribution is -2.01. The first-order chi connectivity index (χ1) is 7.02. The van der Waals surface area contributed by atoms with Gasteiger partial charge in [0.15, 0.2) is 0 Å². The molecule has 0 aromatic heterocycles. The Bertz CT molecular complexity index is 474. The molecular weight excluding hydrogens is 216 g/mol. The highest BCUT2D eigenvalue weighted by Gasteiger charge is 2.26. The van der Waals surface area contributed by atoms with Crippen molar-refractivity contribution >= 4 is 10.1 Å². The fraction of sp³-hybridized carbons (Fsp3) is 0.400. The summed E-state index contributed by atoms with van der Waals surface area (Å²) < 4.78 is 35.9. The lowest BCUT2D eigenvalue weighted by molar-refractivity contribution is 0.397. The van der Waals surface area contributed by atoms with Crippen LogP contribution in [0.15, 0.2) is 23.1 Å². The maximum absolute atomic E-state index is 11.0. The van der Waals surface area contributed by atoms with Crippen LogP contribution < -0.4 is 4.74 Å². The molecule has 0 radical (unpaired) electrons. The lowest BCUT2D eigenvalue weighted by Gasteiger charge is -2.07. The molecule has 1 aromatic carbocycles. The third-order valence-corrected chi connectivity index (χ3v) is 3.41. The molecule has 1 saturated carbocycles. The molecule has 0 amide bonds.